The molecular weight excluding hydrogens is 364 g/mol. The predicted molar refractivity (Wildman–Crippen MR) is 110 cm³/mol. The van der Waals surface area contributed by atoms with Crippen molar-refractivity contribution in [3.63, 3.8) is 0 Å². The van der Waals surface area contributed by atoms with Gasteiger partial charge in [-0.15, -0.1) is 0 Å². The summed E-state index contributed by atoms with van der Waals surface area (Å²) in [7, 11) is 0. The molecule has 29 heavy (non-hydrogen) atoms. The van der Waals surface area contributed by atoms with Crippen LogP contribution < -0.4 is 0 Å². The fourth-order valence-corrected chi connectivity index (χ4v) is 4.51. The number of hydrogen-bond donors (Lipinski definition) is 0. The maximum Gasteiger partial charge on any atom is 0.274 e. The summed E-state index contributed by atoms with van der Waals surface area (Å²) in [5.41, 5.74) is 2.48. The summed E-state index contributed by atoms with van der Waals surface area (Å²) in [5, 5.41) is 4.59. The van der Waals surface area contributed by atoms with Crippen molar-refractivity contribution in [1.29, 1.82) is 0 Å². The number of amides is 1. The quantitative estimate of drug-likeness (QED) is 0.690. The van der Waals surface area contributed by atoms with Gasteiger partial charge in [0.2, 0.25) is 0 Å². The smallest absolute Gasteiger partial charge is 0.274 e. The van der Waals surface area contributed by atoms with Crippen LogP contribution in [0.5, 0.6) is 0 Å². The topological polar surface area (TPSA) is 59.2 Å². The molecule has 7 heteroatoms. The van der Waals surface area contributed by atoms with Gasteiger partial charge in [0.1, 0.15) is 5.82 Å². The largest absolute Gasteiger partial charge is 0.337 e. The summed E-state index contributed by atoms with van der Waals surface area (Å²) in [6, 6.07) is 12.4. The molecule has 3 aromatic rings. The number of aryl methyl sites for hydroxylation is 1. The van der Waals surface area contributed by atoms with E-state index >= 15 is 0 Å². The standard InChI is InChI=1S/C22H26N6O/c1-17-15-20(24-28(17)19-5-3-2-4-6-19)22(29)26-10-7-18(8-11-26)27-14-13-25-12-9-23-21(25)16-27/h2-6,9,12,15,18H,7-8,10-11,13-14,16H2,1H3. The number of hydrogen-bond acceptors (Lipinski definition) is 4. The second-order valence-corrected chi connectivity index (χ2v) is 7.95. The van der Waals surface area contributed by atoms with Crippen molar-refractivity contribution in [2.75, 3.05) is 19.6 Å². The minimum Gasteiger partial charge on any atom is -0.337 e. The van der Waals surface area contributed by atoms with Crippen molar-refractivity contribution in [2.45, 2.75) is 38.9 Å². The van der Waals surface area contributed by atoms with Crippen LogP contribution in [0.15, 0.2) is 48.8 Å². The van der Waals surface area contributed by atoms with Gasteiger partial charge in [-0.2, -0.15) is 5.10 Å². The summed E-state index contributed by atoms with van der Waals surface area (Å²) in [6.07, 6.45) is 5.96. The number of carbonyl (C=O) groups is 1. The Bertz CT molecular complexity index is 999. The lowest BCUT2D eigenvalue weighted by atomic mass is 10.0. The number of fused-ring (bicyclic) bond motifs is 1. The highest BCUT2D eigenvalue weighted by molar-refractivity contribution is 5.92. The molecule has 2 aliphatic heterocycles. The summed E-state index contributed by atoms with van der Waals surface area (Å²) in [4.78, 5) is 22.0. The molecule has 0 unspecified atom stereocenters. The van der Waals surface area contributed by atoms with Gasteiger partial charge in [0.15, 0.2) is 5.69 Å². The normalized spacial score (nSPS) is 18.0. The number of rotatable bonds is 3. The molecule has 0 bridgehead atoms. The van der Waals surface area contributed by atoms with Gasteiger partial charge in [-0.05, 0) is 38.0 Å². The first-order valence-electron chi connectivity index (χ1n) is 10.3. The van der Waals surface area contributed by atoms with Crippen molar-refractivity contribution < 1.29 is 4.79 Å². The molecule has 1 aromatic carbocycles. The molecule has 4 heterocycles. The molecule has 0 aliphatic carbocycles. The Hall–Kier alpha value is -2.93. The first kappa shape index (κ1) is 18.1. The zero-order valence-corrected chi connectivity index (χ0v) is 16.7. The van der Waals surface area contributed by atoms with Gasteiger partial charge in [-0.25, -0.2) is 9.67 Å². The summed E-state index contributed by atoms with van der Waals surface area (Å²) < 4.78 is 4.08. The molecular formula is C22H26N6O. The Morgan fingerprint density at radius 2 is 1.86 bits per heavy atom. The molecule has 0 N–H and O–H groups in total. The van der Waals surface area contributed by atoms with Gasteiger partial charge < -0.3 is 9.47 Å². The van der Waals surface area contributed by atoms with Gasteiger partial charge >= 0.3 is 0 Å². The third-order valence-corrected chi connectivity index (χ3v) is 6.15. The number of aromatic nitrogens is 4. The van der Waals surface area contributed by atoms with Crippen molar-refractivity contribution in [3.8, 4) is 5.69 Å². The van der Waals surface area contributed by atoms with E-state index in [0.717, 1.165) is 62.8 Å². The third kappa shape index (κ3) is 3.46. The van der Waals surface area contributed by atoms with Crippen LogP contribution in [0.2, 0.25) is 0 Å². The summed E-state index contributed by atoms with van der Waals surface area (Å²) in [5.74, 6) is 1.19. The number of piperidine rings is 1. The minimum absolute atomic E-state index is 0.0374. The van der Waals surface area contributed by atoms with E-state index in [1.807, 2.05) is 59.1 Å². The Kier molecular flexibility index (Phi) is 4.67. The lowest BCUT2D eigenvalue weighted by molar-refractivity contribution is 0.0565. The fraction of sp³-hybridized carbons (Fsp3) is 0.409. The lowest BCUT2D eigenvalue weighted by Crippen LogP contribution is -2.48. The van der Waals surface area contributed by atoms with Crippen LogP contribution in [0, 0.1) is 6.92 Å². The highest BCUT2D eigenvalue weighted by atomic mass is 16.2. The molecule has 2 aromatic heterocycles. The summed E-state index contributed by atoms with van der Waals surface area (Å²) in [6.45, 7) is 6.53. The number of nitrogens with zero attached hydrogens (tertiary/aromatic N) is 6. The fourth-order valence-electron chi connectivity index (χ4n) is 4.51. The zero-order valence-electron chi connectivity index (χ0n) is 16.7. The Balaban J connectivity index is 1.23. The number of para-hydroxylation sites is 1. The second kappa shape index (κ2) is 7.48. The summed E-state index contributed by atoms with van der Waals surface area (Å²) >= 11 is 0. The Morgan fingerprint density at radius 1 is 1.07 bits per heavy atom. The monoisotopic (exact) mass is 390 g/mol. The van der Waals surface area contributed by atoms with Crippen LogP contribution >= 0.6 is 0 Å². The molecule has 2 aliphatic rings. The van der Waals surface area contributed by atoms with Crippen LogP contribution in [0.4, 0.5) is 0 Å². The highest BCUT2D eigenvalue weighted by Gasteiger charge is 2.30. The SMILES string of the molecule is Cc1cc(C(=O)N2CCC(N3CCn4ccnc4C3)CC2)nn1-c1ccccc1. The highest BCUT2D eigenvalue weighted by Crippen LogP contribution is 2.22. The van der Waals surface area contributed by atoms with E-state index in [2.05, 4.69) is 25.7 Å². The van der Waals surface area contributed by atoms with Gasteiger partial charge in [0.05, 0.1) is 12.2 Å². The van der Waals surface area contributed by atoms with Crippen LogP contribution in [-0.4, -0.2) is 60.7 Å². The molecule has 7 nitrogen and oxygen atoms in total. The second-order valence-electron chi connectivity index (χ2n) is 7.95. The molecule has 5 rings (SSSR count). The molecule has 0 saturated carbocycles. The van der Waals surface area contributed by atoms with E-state index in [-0.39, 0.29) is 5.91 Å². The average Bonchev–Trinajstić information content (AvgIpc) is 3.40. The number of benzene rings is 1. The zero-order chi connectivity index (χ0) is 19.8. The predicted octanol–water partition coefficient (Wildman–Crippen LogP) is 2.50. The van der Waals surface area contributed by atoms with Gasteiger partial charge in [-0.3, -0.25) is 9.69 Å². The van der Waals surface area contributed by atoms with Gasteiger partial charge in [0.25, 0.3) is 5.91 Å². The van der Waals surface area contributed by atoms with E-state index in [1.54, 1.807) is 0 Å². The van der Waals surface area contributed by atoms with Gasteiger partial charge in [-0.1, -0.05) is 18.2 Å². The van der Waals surface area contributed by atoms with Crippen LogP contribution in [-0.2, 0) is 13.1 Å². The van der Waals surface area contributed by atoms with Crippen LogP contribution in [0.25, 0.3) is 5.69 Å². The van der Waals surface area contributed by atoms with Crippen LogP contribution in [0.3, 0.4) is 0 Å². The maximum absolute atomic E-state index is 13.0. The minimum atomic E-state index is 0.0374. The Morgan fingerprint density at radius 3 is 2.66 bits per heavy atom. The Labute approximate surface area is 170 Å². The first-order chi connectivity index (χ1) is 14.2. The van der Waals surface area contributed by atoms with E-state index in [1.165, 1.54) is 0 Å². The molecule has 0 spiro atoms. The maximum atomic E-state index is 13.0. The molecule has 0 radical (unpaired) electrons. The molecule has 0 atom stereocenters. The molecule has 1 saturated heterocycles. The first-order valence-corrected chi connectivity index (χ1v) is 10.3. The van der Waals surface area contributed by atoms with E-state index < -0.39 is 0 Å². The number of imidazole rings is 1. The van der Waals surface area contributed by atoms with Crippen LogP contribution in [0.1, 0.15) is 34.8 Å². The third-order valence-electron chi connectivity index (χ3n) is 6.15. The lowest BCUT2D eigenvalue weighted by Gasteiger charge is -2.40. The van der Waals surface area contributed by atoms with Gasteiger partial charge in [0, 0.05) is 50.3 Å². The molecule has 1 amide bonds. The molecule has 1 fully saturated rings. The van der Waals surface area contributed by atoms with Crippen molar-refractivity contribution >= 4 is 5.91 Å². The van der Waals surface area contributed by atoms with Crippen molar-refractivity contribution in [1.82, 2.24) is 29.1 Å². The number of carbonyl (C=O) groups excluding carboxylic acids is 1. The van der Waals surface area contributed by atoms with E-state index in [9.17, 15) is 4.79 Å². The van der Waals surface area contributed by atoms with Crippen molar-refractivity contribution in [2.24, 2.45) is 0 Å². The van der Waals surface area contributed by atoms with E-state index in [4.69, 9.17) is 0 Å². The van der Waals surface area contributed by atoms with E-state index in [0.29, 0.717) is 11.7 Å². The number of likely N-dealkylation sites (tertiary alicyclic amines) is 1. The molecule has 150 valence electrons. The average molecular weight is 390 g/mol. The van der Waals surface area contributed by atoms with Crippen molar-refractivity contribution in [3.05, 3.63) is 66.0 Å².